The van der Waals surface area contributed by atoms with Gasteiger partial charge in [0.15, 0.2) is 11.9 Å². The van der Waals surface area contributed by atoms with Crippen LogP contribution >= 0.6 is 0 Å². The molecule has 0 aliphatic carbocycles. The second kappa shape index (κ2) is 12.5. The van der Waals surface area contributed by atoms with Gasteiger partial charge in [0.1, 0.15) is 0 Å². The van der Waals surface area contributed by atoms with E-state index in [1.165, 1.54) is 0 Å². The number of nitrogens with one attached hydrogen (secondary N) is 4. The molecular formula is C30H36N10O2. The van der Waals surface area contributed by atoms with E-state index < -0.39 is 0 Å². The van der Waals surface area contributed by atoms with Crippen molar-refractivity contribution in [1.82, 2.24) is 9.80 Å². The number of guanidine groups is 2. The zero-order valence-electron chi connectivity index (χ0n) is 23.3. The fourth-order valence-corrected chi connectivity index (χ4v) is 5.13. The first-order valence-corrected chi connectivity index (χ1v) is 13.9. The molecule has 2 fully saturated rings. The van der Waals surface area contributed by atoms with E-state index in [1.54, 1.807) is 24.3 Å². The van der Waals surface area contributed by atoms with Crippen LogP contribution in [0.4, 0.5) is 22.7 Å². The van der Waals surface area contributed by atoms with Gasteiger partial charge in [0.2, 0.25) is 0 Å². The first-order chi connectivity index (χ1) is 20.3. The number of anilines is 4. The largest absolute Gasteiger partial charge is 0.370 e. The minimum absolute atomic E-state index is 0.0983. The van der Waals surface area contributed by atoms with Crippen LogP contribution in [0.2, 0.25) is 0 Å². The summed E-state index contributed by atoms with van der Waals surface area (Å²) in [6.07, 6.45) is 0. The predicted molar refractivity (Wildman–Crippen MR) is 167 cm³/mol. The molecule has 0 saturated carbocycles. The van der Waals surface area contributed by atoms with Crippen LogP contribution in [0.15, 0.2) is 72.8 Å². The molecule has 0 bridgehead atoms. The van der Waals surface area contributed by atoms with Gasteiger partial charge in [-0.05, 0) is 66.7 Å². The molecule has 2 aliphatic heterocycles. The highest BCUT2D eigenvalue weighted by Crippen LogP contribution is 2.22. The maximum absolute atomic E-state index is 13.0. The summed E-state index contributed by atoms with van der Waals surface area (Å²) < 4.78 is 0. The van der Waals surface area contributed by atoms with E-state index in [0.29, 0.717) is 48.7 Å². The number of amides is 2. The van der Waals surface area contributed by atoms with Crippen molar-refractivity contribution in [2.45, 2.75) is 0 Å². The van der Waals surface area contributed by atoms with Gasteiger partial charge >= 0.3 is 0 Å². The molecule has 2 amide bonds. The Morgan fingerprint density at radius 3 is 1.26 bits per heavy atom. The number of piperazine rings is 2. The molecule has 0 atom stereocenters. The van der Waals surface area contributed by atoms with Crippen molar-refractivity contribution in [3.63, 3.8) is 0 Å². The summed E-state index contributed by atoms with van der Waals surface area (Å²) in [6, 6.07) is 21.9. The lowest BCUT2D eigenvalue weighted by Gasteiger charge is -2.36. The summed E-state index contributed by atoms with van der Waals surface area (Å²) in [5.41, 5.74) is 15.3. The van der Waals surface area contributed by atoms with Crippen LogP contribution in [0.3, 0.4) is 0 Å². The Balaban J connectivity index is 1.14. The van der Waals surface area contributed by atoms with Crippen LogP contribution in [-0.2, 0) is 0 Å². The van der Waals surface area contributed by atoms with Crippen LogP contribution in [0.1, 0.15) is 20.7 Å². The minimum Gasteiger partial charge on any atom is -0.370 e. The molecule has 3 aromatic rings. The Hall–Kier alpha value is -5.26. The molecule has 218 valence electrons. The van der Waals surface area contributed by atoms with E-state index in [0.717, 1.165) is 37.6 Å². The number of benzene rings is 3. The molecule has 5 rings (SSSR count). The Morgan fingerprint density at radius 2 is 0.929 bits per heavy atom. The van der Waals surface area contributed by atoms with E-state index in [9.17, 15) is 9.59 Å². The molecule has 0 spiro atoms. The van der Waals surface area contributed by atoms with Crippen LogP contribution in [0.5, 0.6) is 0 Å². The summed E-state index contributed by atoms with van der Waals surface area (Å²) in [5, 5.41) is 21.0. The molecule has 0 radical (unpaired) electrons. The highest BCUT2D eigenvalue weighted by atomic mass is 16.2. The lowest BCUT2D eigenvalue weighted by atomic mass is 10.1. The standard InChI is InChI=1S/C30H36N10O2/c31-29(32)39-16-12-37(13-17-39)25-8-4-23(5-9-25)35-27(41)21-2-1-3-22(20-21)28(42)36-24-6-10-26(11-7-24)38-14-18-40(19-15-38)30(33)34/h1-11,20H,12-19H2,(H3,31,32)(H3,33,34)(H,35,41)(H,36,42). The monoisotopic (exact) mass is 568 g/mol. The van der Waals surface area contributed by atoms with Crippen LogP contribution in [0.25, 0.3) is 0 Å². The smallest absolute Gasteiger partial charge is 0.255 e. The highest BCUT2D eigenvalue weighted by Gasteiger charge is 2.19. The van der Waals surface area contributed by atoms with Crippen molar-refractivity contribution in [3.05, 3.63) is 83.9 Å². The van der Waals surface area contributed by atoms with Crippen LogP contribution < -0.4 is 31.9 Å². The third-order valence-corrected chi connectivity index (χ3v) is 7.61. The average Bonchev–Trinajstić information content (AvgIpc) is 3.02. The van der Waals surface area contributed by atoms with Crippen LogP contribution in [0, 0.1) is 10.8 Å². The number of carbonyl (C=O) groups is 2. The third-order valence-electron chi connectivity index (χ3n) is 7.61. The summed E-state index contributed by atoms with van der Waals surface area (Å²) >= 11 is 0. The molecule has 8 N–H and O–H groups in total. The Kier molecular flexibility index (Phi) is 8.42. The van der Waals surface area contributed by atoms with E-state index >= 15 is 0 Å². The minimum atomic E-state index is -0.304. The van der Waals surface area contributed by atoms with Gasteiger partial charge in [0, 0.05) is 86.2 Å². The maximum Gasteiger partial charge on any atom is 0.255 e. The second-order valence-corrected chi connectivity index (χ2v) is 10.3. The summed E-state index contributed by atoms with van der Waals surface area (Å²) in [7, 11) is 0. The molecular weight excluding hydrogens is 532 g/mol. The average molecular weight is 569 g/mol. The molecule has 12 heteroatoms. The lowest BCUT2D eigenvalue weighted by Crippen LogP contribution is -2.50. The second-order valence-electron chi connectivity index (χ2n) is 10.3. The topological polar surface area (TPSA) is 171 Å². The number of carbonyl (C=O) groups excluding carboxylic acids is 2. The van der Waals surface area contributed by atoms with Gasteiger partial charge in [-0.2, -0.15) is 0 Å². The maximum atomic E-state index is 13.0. The third kappa shape index (κ3) is 6.72. The Labute approximate surface area is 244 Å². The molecule has 2 heterocycles. The van der Waals surface area contributed by atoms with E-state index in [2.05, 4.69) is 20.4 Å². The lowest BCUT2D eigenvalue weighted by molar-refractivity contribution is 0.102. The normalized spacial score (nSPS) is 15.2. The van der Waals surface area contributed by atoms with Gasteiger partial charge in [-0.25, -0.2) is 0 Å². The number of nitrogens with zero attached hydrogens (tertiary/aromatic N) is 4. The van der Waals surface area contributed by atoms with Crippen molar-refractivity contribution in [2.75, 3.05) is 72.8 Å². The number of hydrogen-bond acceptors (Lipinski definition) is 6. The van der Waals surface area contributed by atoms with E-state index in [-0.39, 0.29) is 23.7 Å². The Morgan fingerprint density at radius 1 is 0.571 bits per heavy atom. The van der Waals surface area contributed by atoms with Crippen molar-refractivity contribution in [3.8, 4) is 0 Å². The molecule has 42 heavy (non-hydrogen) atoms. The van der Waals surface area contributed by atoms with E-state index in [4.69, 9.17) is 22.3 Å². The molecule has 3 aromatic carbocycles. The SMILES string of the molecule is N=C(N)N1CCN(c2ccc(NC(=O)c3cccc(C(=O)Nc4ccc(N5CCN(C(=N)N)CC5)cc4)c3)cc2)CC1. The highest BCUT2D eigenvalue weighted by molar-refractivity contribution is 6.08. The summed E-state index contributed by atoms with van der Waals surface area (Å²) in [5.74, 6) is -0.411. The molecule has 0 aromatic heterocycles. The summed E-state index contributed by atoms with van der Waals surface area (Å²) in [4.78, 5) is 34.1. The molecule has 2 saturated heterocycles. The predicted octanol–water partition coefficient (Wildman–Crippen LogP) is 2.22. The van der Waals surface area contributed by atoms with Gasteiger partial charge in [0.05, 0.1) is 0 Å². The van der Waals surface area contributed by atoms with Gasteiger partial charge in [-0.15, -0.1) is 0 Å². The van der Waals surface area contributed by atoms with Crippen molar-refractivity contribution in [1.29, 1.82) is 10.8 Å². The van der Waals surface area contributed by atoms with Gasteiger partial charge in [-0.3, -0.25) is 20.4 Å². The number of nitrogens with two attached hydrogens (primary N) is 2. The number of hydrogen-bond donors (Lipinski definition) is 6. The van der Waals surface area contributed by atoms with Crippen molar-refractivity contribution >= 4 is 46.5 Å². The fraction of sp³-hybridized carbons (Fsp3) is 0.267. The zero-order chi connectivity index (χ0) is 29.6. The first kappa shape index (κ1) is 28.3. The zero-order valence-corrected chi connectivity index (χ0v) is 23.3. The quantitative estimate of drug-likeness (QED) is 0.194. The van der Waals surface area contributed by atoms with Gasteiger partial charge in [-0.1, -0.05) is 6.07 Å². The molecule has 12 nitrogen and oxygen atoms in total. The van der Waals surface area contributed by atoms with Crippen LogP contribution in [-0.4, -0.2) is 85.9 Å². The van der Waals surface area contributed by atoms with Crippen molar-refractivity contribution in [2.24, 2.45) is 11.5 Å². The van der Waals surface area contributed by atoms with E-state index in [1.807, 2.05) is 58.3 Å². The van der Waals surface area contributed by atoms with Crippen molar-refractivity contribution < 1.29 is 9.59 Å². The first-order valence-electron chi connectivity index (χ1n) is 13.9. The number of rotatable bonds is 6. The molecule has 2 aliphatic rings. The summed E-state index contributed by atoms with van der Waals surface area (Å²) in [6.45, 7) is 5.86. The van der Waals surface area contributed by atoms with Gasteiger partial charge < -0.3 is 41.7 Å². The fourth-order valence-electron chi connectivity index (χ4n) is 5.13. The molecule has 0 unspecified atom stereocenters. The van der Waals surface area contributed by atoms with Gasteiger partial charge in [0.25, 0.3) is 11.8 Å². The Bertz CT molecular complexity index is 1330.